The second-order valence-electron chi connectivity index (χ2n) is 7.34. The second-order valence-corrected chi connectivity index (χ2v) is 9.49. The molecule has 0 fully saturated rings. The van der Waals surface area contributed by atoms with Crippen LogP contribution in [-0.4, -0.2) is 21.1 Å². The van der Waals surface area contributed by atoms with Crippen molar-refractivity contribution in [2.75, 3.05) is 5.75 Å². The van der Waals surface area contributed by atoms with Crippen molar-refractivity contribution < 1.29 is 4.79 Å². The lowest BCUT2D eigenvalue weighted by Crippen LogP contribution is -2.22. The molecule has 0 atom stereocenters. The van der Waals surface area contributed by atoms with E-state index in [4.69, 9.17) is 4.98 Å². The summed E-state index contributed by atoms with van der Waals surface area (Å²) in [5.41, 5.74) is 4.57. The Kier molecular flexibility index (Phi) is 5.62. The number of carbonyl (C=O) groups is 1. The largest absolute Gasteiger partial charge is 0.293 e. The molecule has 0 N–H and O–H groups in total. The first-order chi connectivity index (χ1) is 14.4. The minimum atomic E-state index is -0.0887. The molecule has 2 aromatic heterocycles. The number of aryl methyl sites for hydroxylation is 4. The van der Waals surface area contributed by atoms with E-state index in [0.717, 1.165) is 32.1 Å². The van der Waals surface area contributed by atoms with Crippen LogP contribution in [0.3, 0.4) is 0 Å². The van der Waals surface area contributed by atoms with Crippen LogP contribution < -0.4 is 5.56 Å². The third-order valence-corrected chi connectivity index (χ3v) is 7.39. The van der Waals surface area contributed by atoms with Crippen LogP contribution in [0.25, 0.3) is 15.9 Å². The number of benzene rings is 2. The minimum Gasteiger partial charge on any atom is -0.293 e. The van der Waals surface area contributed by atoms with E-state index < -0.39 is 0 Å². The summed E-state index contributed by atoms with van der Waals surface area (Å²) in [7, 11) is 0. The molecule has 30 heavy (non-hydrogen) atoms. The van der Waals surface area contributed by atoms with Crippen molar-refractivity contribution in [3.05, 3.63) is 86.0 Å². The SMILES string of the molecule is Cc1ccc(C(=O)CSc2nc3sc(C)c(C)c3c(=O)n2-c2ccccc2)cc1C. The average molecular weight is 435 g/mol. The van der Waals surface area contributed by atoms with E-state index in [-0.39, 0.29) is 17.1 Å². The van der Waals surface area contributed by atoms with E-state index in [1.54, 1.807) is 4.57 Å². The molecule has 6 heteroatoms. The molecule has 4 aromatic rings. The van der Waals surface area contributed by atoms with Crippen molar-refractivity contribution in [3.8, 4) is 5.69 Å². The van der Waals surface area contributed by atoms with Crippen LogP contribution in [0.5, 0.6) is 0 Å². The van der Waals surface area contributed by atoms with Crippen molar-refractivity contribution >= 4 is 39.1 Å². The van der Waals surface area contributed by atoms with Crippen LogP contribution in [0.15, 0.2) is 58.5 Å². The molecule has 4 rings (SSSR count). The fourth-order valence-electron chi connectivity index (χ4n) is 3.31. The molecule has 2 aromatic carbocycles. The van der Waals surface area contributed by atoms with Gasteiger partial charge in [0, 0.05) is 10.4 Å². The summed E-state index contributed by atoms with van der Waals surface area (Å²) in [4.78, 5) is 32.8. The first kappa shape index (κ1) is 20.6. The van der Waals surface area contributed by atoms with E-state index in [1.165, 1.54) is 23.1 Å². The Balaban J connectivity index is 1.77. The van der Waals surface area contributed by atoms with Crippen LogP contribution >= 0.6 is 23.1 Å². The molecule has 0 amide bonds. The van der Waals surface area contributed by atoms with E-state index in [9.17, 15) is 9.59 Å². The summed E-state index contributed by atoms with van der Waals surface area (Å²) in [6, 6.07) is 15.2. The van der Waals surface area contributed by atoms with E-state index >= 15 is 0 Å². The van der Waals surface area contributed by atoms with Gasteiger partial charge in [-0.1, -0.05) is 42.1 Å². The molecule has 0 radical (unpaired) electrons. The smallest absolute Gasteiger partial charge is 0.267 e. The van der Waals surface area contributed by atoms with Crippen LogP contribution in [-0.2, 0) is 0 Å². The number of rotatable bonds is 5. The summed E-state index contributed by atoms with van der Waals surface area (Å²) < 4.78 is 1.62. The topological polar surface area (TPSA) is 52.0 Å². The molecule has 0 aliphatic heterocycles. The molecule has 0 saturated heterocycles. The highest BCUT2D eigenvalue weighted by molar-refractivity contribution is 7.99. The number of hydrogen-bond acceptors (Lipinski definition) is 5. The Morgan fingerprint density at radius 1 is 1.03 bits per heavy atom. The van der Waals surface area contributed by atoms with Crippen LogP contribution in [0.4, 0.5) is 0 Å². The number of fused-ring (bicyclic) bond motifs is 1. The average Bonchev–Trinajstić information content (AvgIpc) is 3.02. The normalized spacial score (nSPS) is 11.2. The number of nitrogens with zero attached hydrogens (tertiary/aromatic N) is 2. The van der Waals surface area contributed by atoms with Crippen molar-refractivity contribution in [3.63, 3.8) is 0 Å². The summed E-state index contributed by atoms with van der Waals surface area (Å²) in [6.45, 7) is 8.00. The highest BCUT2D eigenvalue weighted by Gasteiger charge is 2.19. The predicted octanol–water partition coefficient (Wildman–Crippen LogP) is 5.66. The molecule has 0 spiro atoms. The summed E-state index contributed by atoms with van der Waals surface area (Å²) in [5, 5.41) is 1.20. The lowest BCUT2D eigenvalue weighted by molar-refractivity contribution is 0.102. The van der Waals surface area contributed by atoms with E-state index in [2.05, 4.69) is 0 Å². The Morgan fingerprint density at radius 2 is 1.77 bits per heavy atom. The van der Waals surface area contributed by atoms with Crippen LogP contribution in [0.2, 0.25) is 0 Å². The first-order valence-electron chi connectivity index (χ1n) is 9.68. The van der Waals surface area contributed by atoms with Gasteiger partial charge in [-0.15, -0.1) is 11.3 Å². The van der Waals surface area contributed by atoms with Crippen molar-refractivity contribution in [2.24, 2.45) is 0 Å². The number of carbonyl (C=O) groups excluding carboxylic acids is 1. The van der Waals surface area contributed by atoms with Gasteiger partial charge in [-0.3, -0.25) is 14.2 Å². The molecule has 4 nitrogen and oxygen atoms in total. The zero-order valence-electron chi connectivity index (χ0n) is 17.4. The number of aromatic nitrogens is 2. The fourth-order valence-corrected chi connectivity index (χ4v) is 5.28. The van der Waals surface area contributed by atoms with Crippen LogP contribution in [0.1, 0.15) is 31.9 Å². The van der Waals surface area contributed by atoms with Gasteiger partial charge in [0.1, 0.15) is 4.83 Å². The Hall–Kier alpha value is -2.70. The van der Waals surface area contributed by atoms with E-state index in [1.807, 2.05) is 76.2 Å². The van der Waals surface area contributed by atoms with Gasteiger partial charge in [0.25, 0.3) is 5.56 Å². The highest BCUT2D eigenvalue weighted by atomic mass is 32.2. The monoisotopic (exact) mass is 434 g/mol. The maximum Gasteiger partial charge on any atom is 0.267 e. The number of Topliss-reactive ketones (excluding diaryl/α,β-unsaturated/α-hetero) is 1. The van der Waals surface area contributed by atoms with Gasteiger partial charge in [0.2, 0.25) is 0 Å². The molecule has 0 saturated carbocycles. The second kappa shape index (κ2) is 8.20. The maximum atomic E-state index is 13.4. The number of thioether (sulfide) groups is 1. The molecule has 0 bridgehead atoms. The molecule has 0 aliphatic rings. The summed E-state index contributed by atoms with van der Waals surface area (Å²) >= 11 is 2.83. The standard InChI is InChI=1S/C24H22N2O2S2/c1-14-10-11-18(12-15(14)2)20(27)13-29-24-25-22-21(16(3)17(4)30-22)23(28)26(24)19-8-6-5-7-9-19/h5-12H,13H2,1-4H3. The van der Waals surface area contributed by atoms with Gasteiger partial charge in [0.05, 0.1) is 16.8 Å². The molecular weight excluding hydrogens is 412 g/mol. The highest BCUT2D eigenvalue weighted by Crippen LogP contribution is 2.30. The van der Waals surface area contributed by atoms with Crippen molar-refractivity contribution in [1.82, 2.24) is 9.55 Å². The van der Waals surface area contributed by atoms with Gasteiger partial charge in [-0.2, -0.15) is 0 Å². The minimum absolute atomic E-state index is 0.0237. The molecule has 2 heterocycles. The maximum absolute atomic E-state index is 13.4. The van der Waals surface area contributed by atoms with Gasteiger partial charge in [0.15, 0.2) is 10.9 Å². The predicted molar refractivity (Wildman–Crippen MR) is 126 cm³/mol. The summed E-state index contributed by atoms with van der Waals surface area (Å²) in [6.07, 6.45) is 0. The van der Waals surface area contributed by atoms with Crippen molar-refractivity contribution in [1.29, 1.82) is 0 Å². The lowest BCUT2D eigenvalue weighted by atomic mass is 10.0. The van der Waals surface area contributed by atoms with Crippen LogP contribution in [0, 0.1) is 27.7 Å². The van der Waals surface area contributed by atoms with Gasteiger partial charge in [-0.05, 0) is 62.6 Å². The van der Waals surface area contributed by atoms with Crippen molar-refractivity contribution in [2.45, 2.75) is 32.9 Å². The Morgan fingerprint density at radius 3 is 2.47 bits per heavy atom. The first-order valence-corrected chi connectivity index (χ1v) is 11.5. The third kappa shape index (κ3) is 3.73. The quantitative estimate of drug-likeness (QED) is 0.231. The fraction of sp³-hybridized carbons (Fsp3) is 0.208. The molecule has 152 valence electrons. The lowest BCUT2D eigenvalue weighted by Gasteiger charge is -2.12. The van der Waals surface area contributed by atoms with Gasteiger partial charge >= 0.3 is 0 Å². The third-order valence-electron chi connectivity index (χ3n) is 5.35. The number of ketones is 1. The summed E-state index contributed by atoms with van der Waals surface area (Å²) in [5.74, 6) is 0.243. The Bertz CT molecular complexity index is 1320. The molecule has 0 aliphatic carbocycles. The Labute approximate surface area is 183 Å². The number of hydrogen-bond donors (Lipinski definition) is 0. The number of para-hydroxylation sites is 1. The molecule has 0 unspecified atom stereocenters. The van der Waals surface area contributed by atoms with E-state index in [0.29, 0.717) is 16.1 Å². The zero-order valence-corrected chi connectivity index (χ0v) is 19.0. The zero-order chi connectivity index (χ0) is 21.4. The number of thiophene rings is 1. The van der Waals surface area contributed by atoms with Gasteiger partial charge < -0.3 is 0 Å². The molecular formula is C24H22N2O2S2. The van der Waals surface area contributed by atoms with Gasteiger partial charge in [-0.25, -0.2) is 4.98 Å².